The first-order valence-electron chi connectivity index (χ1n) is 6.33. The molecule has 0 N–H and O–H groups in total. The molecule has 1 amide bonds. The zero-order valence-corrected chi connectivity index (χ0v) is 11.9. The number of hydrogen-bond donors (Lipinski definition) is 0. The Morgan fingerprint density at radius 1 is 1.30 bits per heavy atom. The summed E-state index contributed by atoms with van der Waals surface area (Å²) in [7, 11) is -1.37. The normalized spacial score (nSPS) is 22.8. The minimum Gasteiger partial charge on any atom is -0.454 e. The minimum absolute atomic E-state index is 0.0415. The molecule has 0 unspecified atom stereocenters. The first-order chi connectivity index (χ1) is 9.46. The lowest BCUT2D eigenvalue weighted by molar-refractivity contribution is 0.0747. The van der Waals surface area contributed by atoms with Crippen molar-refractivity contribution in [3.05, 3.63) is 23.8 Å². The van der Waals surface area contributed by atoms with Gasteiger partial charge in [0.25, 0.3) is 5.91 Å². The van der Waals surface area contributed by atoms with E-state index in [1.54, 1.807) is 25.2 Å². The summed E-state index contributed by atoms with van der Waals surface area (Å²) in [5.41, 5.74) is 0.473. The van der Waals surface area contributed by atoms with E-state index in [1.807, 2.05) is 0 Å². The van der Waals surface area contributed by atoms with Crippen LogP contribution < -0.4 is 9.47 Å². The summed E-state index contributed by atoms with van der Waals surface area (Å²) in [6, 6.07) is 4.73. The number of benzene rings is 1. The van der Waals surface area contributed by atoms with Crippen molar-refractivity contribution in [2.24, 2.45) is 0 Å². The maximum Gasteiger partial charge on any atom is 0.254 e. The number of carbonyl (C=O) groups excluding carboxylic acids is 1. The Hall–Kier alpha value is -1.76. The highest BCUT2D eigenvalue weighted by atomic mass is 32.2. The van der Waals surface area contributed by atoms with E-state index in [0.29, 0.717) is 23.5 Å². The Morgan fingerprint density at radius 3 is 2.75 bits per heavy atom. The molecular weight excluding hydrogens is 282 g/mol. The van der Waals surface area contributed by atoms with Gasteiger partial charge in [0.2, 0.25) is 6.79 Å². The van der Waals surface area contributed by atoms with Crippen molar-refractivity contribution in [1.82, 2.24) is 4.90 Å². The van der Waals surface area contributed by atoms with E-state index in [9.17, 15) is 13.2 Å². The highest BCUT2D eigenvalue weighted by Gasteiger charge is 2.33. The monoisotopic (exact) mass is 297 g/mol. The van der Waals surface area contributed by atoms with Crippen molar-refractivity contribution < 1.29 is 22.7 Å². The van der Waals surface area contributed by atoms with Crippen LogP contribution in [0.4, 0.5) is 0 Å². The summed E-state index contributed by atoms with van der Waals surface area (Å²) in [5, 5.41) is 0. The third-order valence-electron chi connectivity index (χ3n) is 3.70. The van der Waals surface area contributed by atoms with Crippen molar-refractivity contribution in [2.75, 3.05) is 25.3 Å². The summed E-state index contributed by atoms with van der Waals surface area (Å²) >= 11 is 0. The molecular formula is C13H15NO5S. The predicted octanol–water partition coefficient (Wildman–Crippen LogP) is 0.674. The molecule has 2 aliphatic rings. The van der Waals surface area contributed by atoms with E-state index in [4.69, 9.17) is 9.47 Å². The summed E-state index contributed by atoms with van der Waals surface area (Å²) < 4.78 is 33.4. The van der Waals surface area contributed by atoms with Crippen molar-refractivity contribution in [1.29, 1.82) is 0 Å². The van der Waals surface area contributed by atoms with Crippen LogP contribution >= 0.6 is 0 Å². The van der Waals surface area contributed by atoms with Crippen LogP contribution in [0.1, 0.15) is 16.8 Å². The van der Waals surface area contributed by atoms with Crippen molar-refractivity contribution in [2.45, 2.75) is 12.5 Å². The van der Waals surface area contributed by atoms with Gasteiger partial charge in [-0.2, -0.15) is 0 Å². The van der Waals surface area contributed by atoms with Crippen LogP contribution in [0, 0.1) is 0 Å². The molecule has 3 rings (SSSR count). The van der Waals surface area contributed by atoms with Crippen molar-refractivity contribution in [3.8, 4) is 11.5 Å². The number of sulfone groups is 1. The Morgan fingerprint density at radius 2 is 2.05 bits per heavy atom. The fourth-order valence-corrected chi connectivity index (χ4v) is 4.25. The predicted molar refractivity (Wildman–Crippen MR) is 71.7 cm³/mol. The van der Waals surface area contributed by atoms with E-state index in [-0.39, 0.29) is 30.2 Å². The molecule has 0 aromatic heterocycles. The molecule has 108 valence electrons. The average molecular weight is 297 g/mol. The van der Waals surface area contributed by atoms with Gasteiger partial charge in [-0.15, -0.1) is 0 Å². The topological polar surface area (TPSA) is 72.9 Å². The van der Waals surface area contributed by atoms with E-state index in [0.717, 1.165) is 0 Å². The van der Waals surface area contributed by atoms with Gasteiger partial charge in [0.1, 0.15) is 0 Å². The highest BCUT2D eigenvalue weighted by molar-refractivity contribution is 7.91. The summed E-state index contributed by atoms with van der Waals surface area (Å²) in [6.07, 6.45) is 0.495. The van der Waals surface area contributed by atoms with Gasteiger partial charge in [0.05, 0.1) is 11.5 Å². The second-order valence-corrected chi connectivity index (χ2v) is 7.27. The summed E-state index contributed by atoms with van der Waals surface area (Å²) in [6.45, 7) is 0.156. The zero-order valence-electron chi connectivity index (χ0n) is 11.0. The molecule has 0 bridgehead atoms. The Labute approximate surface area is 117 Å². The quantitative estimate of drug-likeness (QED) is 0.802. The molecule has 0 aliphatic carbocycles. The Bertz CT molecular complexity index is 655. The number of ether oxygens (including phenoxy) is 2. The smallest absolute Gasteiger partial charge is 0.254 e. The molecule has 1 aromatic carbocycles. The van der Waals surface area contributed by atoms with Crippen LogP contribution in [0.25, 0.3) is 0 Å². The molecule has 1 saturated heterocycles. The lowest BCUT2D eigenvalue weighted by Gasteiger charge is -2.23. The van der Waals surface area contributed by atoms with E-state index in [1.165, 1.54) is 4.90 Å². The average Bonchev–Trinajstić information content (AvgIpc) is 3.02. The standard InChI is InChI=1S/C13H15NO5S/c1-14(10-4-5-20(16,17)7-10)13(15)9-2-3-11-12(6-9)19-8-18-11/h2-3,6,10H,4-5,7-8H2,1H3/t10-/m0/s1. The van der Waals surface area contributed by atoms with Crippen LogP contribution in [-0.4, -0.2) is 50.6 Å². The van der Waals surface area contributed by atoms with Crippen LogP contribution in [0.15, 0.2) is 18.2 Å². The first kappa shape index (κ1) is 13.2. The molecule has 2 heterocycles. The SMILES string of the molecule is CN(C(=O)c1ccc2c(c1)OCO2)[C@H]1CCS(=O)(=O)C1. The van der Waals surface area contributed by atoms with E-state index >= 15 is 0 Å². The van der Waals surface area contributed by atoms with Crippen LogP contribution in [-0.2, 0) is 9.84 Å². The maximum absolute atomic E-state index is 12.4. The molecule has 20 heavy (non-hydrogen) atoms. The van der Waals surface area contributed by atoms with Crippen LogP contribution in [0.2, 0.25) is 0 Å². The van der Waals surface area contributed by atoms with Crippen LogP contribution in [0.5, 0.6) is 11.5 Å². The second kappa shape index (κ2) is 4.66. The first-order valence-corrected chi connectivity index (χ1v) is 8.16. The number of hydrogen-bond acceptors (Lipinski definition) is 5. The summed E-state index contributed by atoms with van der Waals surface area (Å²) in [5.74, 6) is 1.15. The minimum atomic E-state index is -3.00. The van der Waals surface area contributed by atoms with E-state index in [2.05, 4.69) is 0 Å². The Kier molecular flexibility index (Phi) is 3.08. The summed E-state index contributed by atoms with van der Waals surface area (Å²) in [4.78, 5) is 13.9. The lowest BCUT2D eigenvalue weighted by Crippen LogP contribution is -2.37. The number of amides is 1. The van der Waals surface area contributed by atoms with Gasteiger partial charge in [-0.25, -0.2) is 8.42 Å². The van der Waals surface area contributed by atoms with Gasteiger partial charge < -0.3 is 14.4 Å². The molecule has 0 saturated carbocycles. The third-order valence-corrected chi connectivity index (χ3v) is 5.45. The maximum atomic E-state index is 12.4. The molecule has 0 spiro atoms. The molecule has 7 heteroatoms. The highest BCUT2D eigenvalue weighted by Crippen LogP contribution is 2.33. The number of nitrogens with zero attached hydrogens (tertiary/aromatic N) is 1. The number of rotatable bonds is 2. The fourth-order valence-electron chi connectivity index (χ4n) is 2.48. The van der Waals surface area contributed by atoms with Gasteiger partial charge in [-0.05, 0) is 24.6 Å². The zero-order chi connectivity index (χ0) is 14.3. The molecule has 1 fully saturated rings. The number of fused-ring (bicyclic) bond motifs is 1. The molecule has 2 aliphatic heterocycles. The van der Waals surface area contributed by atoms with Crippen LogP contribution in [0.3, 0.4) is 0 Å². The van der Waals surface area contributed by atoms with Gasteiger partial charge in [0.15, 0.2) is 21.3 Å². The largest absolute Gasteiger partial charge is 0.454 e. The molecule has 1 aromatic rings. The third kappa shape index (κ3) is 2.33. The van der Waals surface area contributed by atoms with Crippen molar-refractivity contribution in [3.63, 3.8) is 0 Å². The molecule has 0 radical (unpaired) electrons. The molecule has 1 atom stereocenters. The van der Waals surface area contributed by atoms with Gasteiger partial charge >= 0.3 is 0 Å². The van der Waals surface area contributed by atoms with Gasteiger partial charge in [-0.1, -0.05) is 0 Å². The fraction of sp³-hybridized carbons (Fsp3) is 0.462. The van der Waals surface area contributed by atoms with Gasteiger partial charge in [0, 0.05) is 18.7 Å². The second-order valence-electron chi connectivity index (χ2n) is 5.04. The lowest BCUT2D eigenvalue weighted by atomic mass is 10.1. The number of carbonyl (C=O) groups is 1. The Balaban J connectivity index is 1.79. The molecule has 6 nitrogen and oxygen atoms in total. The van der Waals surface area contributed by atoms with E-state index < -0.39 is 9.84 Å². The van der Waals surface area contributed by atoms with Gasteiger partial charge in [-0.3, -0.25) is 4.79 Å². The van der Waals surface area contributed by atoms with Crippen molar-refractivity contribution >= 4 is 15.7 Å².